The minimum Gasteiger partial charge on any atom is -0.488 e. The van der Waals surface area contributed by atoms with Crippen LogP contribution >= 0.6 is 11.8 Å². The minimum absolute atomic E-state index is 0.0989. The van der Waals surface area contributed by atoms with Gasteiger partial charge >= 0.3 is 0 Å². The van der Waals surface area contributed by atoms with E-state index in [9.17, 15) is 4.79 Å². The molecule has 0 saturated heterocycles. The van der Waals surface area contributed by atoms with Crippen LogP contribution in [0.4, 0.5) is 0 Å². The van der Waals surface area contributed by atoms with E-state index < -0.39 is 0 Å². The highest BCUT2D eigenvalue weighted by molar-refractivity contribution is 7.98. The number of nitrogens with zero attached hydrogens (tertiary/aromatic N) is 2. The first-order valence-electron chi connectivity index (χ1n) is 8.65. The van der Waals surface area contributed by atoms with Crippen molar-refractivity contribution in [3.05, 3.63) is 59.4 Å². The van der Waals surface area contributed by atoms with Crippen LogP contribution in [0.15, 0.2) is 52.0 Å². The van der Waals surface area contributed by atoms with Crippen molar-refractivity contribution < 1.29 is 14.2 Å². The Bertz CT molecular complexity index is 969. The van der Waals surface area contributed by atoms with Gasteiger partial charge in [-0.2, -0.15) is 0 Å². The first kappa shape index (κ1) is 17.6. The van der Waals surface area contributed by atoms with Crippen LogP contribution < -0.4 is 10.1 Å². The fraction of sp³-hybridized carbons (Fsp3) is 0.250. The van der Waals surface area contributed by atoms with Gasteiger partial charge in [-0.15, -0.1) is 11.8 Å². The van der Waals surface area contributed by atoms with Crippen LogP contribution in [0.5, 0.6) is 5.75 Å². The van der Waals surface area contributed by atoms with Crippen molar-refractivity contribution in [2.24, 2.45) is 0 Å². The number of amides is 1. The van der Waals surface area contributed by atoms with Gasteiger partial charge in [0.2, 0.25) is 0 Å². The first-order valence-corrected chi connectivity index (χ1v) is 9.88. The molecule has 7 heteroatoms. The van der Waals surface area contributed by atoms with Gasteiger partial charge in [0.15, 0.2) is 5.69 Å². The number of ether oxygens (including phenoxy) is 1. The van der Waals surface area contributed by atoms with Crippen LogP contribution in [0.25, 0.3) is 11.1 Å². The number of aryl methyl sites for hydroxylation is 1. The van der Waals surface area contributed by atoms with Crippen LogP contribution in [0, 0.1) is 6.92 Å². The normalized spacial score (nSPS) is 15.3. The molecule has 1 aliphatic heterocycles. The average Bonchev–Trinajstić information content (AvgIpc) is 3.31. The maximum Gasteiger partial charge on any atom is 0.275 e. The lowest BCUT2D eigenvalue weighted by atomic mass is 10.0. The van der Waals surface area contributed by atoms with E-state index in [0.717, 1.165) is 17.7 Å². The molecule has 138 valence electrons. The van der Waals surface area contributed by atoms with E-state index in [2.05, 4.69) is 62.9 Å². The van der Waals surface area contributed by atoms with Gasteiger partial charge in [0, 0.05) is 11.3 Å². The van der Waals surface area contributed by atoms with E-state index in [1.165, 1.54) is 16.0 Å². The van der Waals surface area contributed by atoms with Gasteiger partial charge in [-0.05, 0) is 59.3 Å². The van der Waals surface area contributed by atoms with Crippen molar-refractivity contribution >= 4 is 17.7 Å². The van der Waals surface area contributed by atoms with E-state index in [4.69, 9.17) is 4.74 Å². The highest BCUT2D eigenvalue weighted by Gasteiger charge is 2.25. The Morgan fingerprint density at radius 1 is 1.19 bits per heavy atom. The Labute approximate surface area is 161 Å². The van der Waals surface area contributed by atoms with Gasteiger partial charge < -0.3 is 10.1 Å². The number of fused-ring (bicyclic) bond motifs is 1. The summed E-state index contributed by atoms with van der Waals surface area (Å²) in [5.41, 5.74) is 4.18. The van der Waals surface area contributed by atoms with Gasteiger partial charge in [0.1, 0.15) is 17.5 Å². The number of hydrogen-bond acceptors (Lipinski definition) is 6. The molecule has 0 spiro atoms. The summed E-state index contributed by atoms with van der Waals surface area (Å²) in [7, 11) is 0. The zero-order chi connectivity index (χ0) is 18.8. The number of benzene rings is 2. The topological polar surface area (TPSA) is 77.3 Å². The first-order chi connectivity index (χ1) is 13.1. The third kappa shape index (κ3) is 3.68. The molecule has 0 fully saturated rings. The summed E-state index contributed by atoms with van der Waals surface area (Å²) < 4.78 is 10.5. The van der Waals surface area contributed by atoms with Gasteiger partial charge in [0.05, 0.1) is 6.54 Å². The van der Waals surface area contributed by atoms with Crippen molar-refractivity contribution in [1.29, 1.82) is 0 Å². The highest BCUT2D eigenvalue weighted by atomic mass is 32.2. The molecule has 2 aromatic carbocycles. The molecular formula is C20H19N3O3S. The molecule has 27 heavy (non-hydrogen) atoms. The molecule has 2 heterocycles. The molecular weight excluding hydrogens is 362 g/mol. The maximum absolute atomic E-state index is 12.1. The summed E-state index contributed by atoms with van der Waals surface area (Å²) >= 11 is 1.73. The lowest BCUT2D eigenvalue weighted by molar-refractivity contribution is 0.0923. The monoisotopic (exact) mass is 381 g/mol. The molecule has 0 radical (unpaired) electrons. The molecule has 6 nitrogen and oxygen atoms in total. The summed E-state index contributed by atoms with van der Waals surface area (Å²) in [4.78, 5) is 13.4. The summed E-state index contributed by atoms with van der Waals surface area (Å²) in [5.74, 6) is 0.570. The summed E-state index contributed by atoms with van der Waals surface area (Å²) in [6.07, 6.45) is 2.72. The average molecular weight is 381 g/mol. The molecule has 3 aromatic rings. The molecule has 1 N–H and O–H groups in total. The van der Waals surface area contributed by atoms with E-state index in [0.29, 0.717) is 12.2 Å². The van der Waals surface area contributed by atoms with Crippen molar-refractivity contribution in [3.63, 3.8) is 0 Å². The fourth-order valence-electron chi connectivity index (χ4n) is 3.13. The zero-order valence-electron chi connectivity index (χ0n) is 15.1. The third-order valence-electron chi connectivity index (χ3n) is 4.58. The lowest BCUT2D eigenvalue weighted by Gasteiger charge is -2.11. The Morgan fingerprint density at radius 2 is 1.96 bits per heavy atom. The molecule has 0 saturated carbocycles. The maximum atomic E-state index is 12.1. The van der Waals surface area contributed by atoms with Crippen LogP contribution in [0.3, 0.4) is 0 Å². The molecule has 0 aliphatic carbocycles. The third-order valence-corrected chi connectivity index (χ3v) is 5.33. The minimum atomic E-state index is -0.303. The second kappa shape index (κ2) is 7.44. The number of aromatic nitrogens is 2. The molecule has 1 amide bonds. The second-order valence-electron chi connectivity index (χ2n) is 6.40. The highest BCUT2D eigenvalue weighted by Crippen LogP contribution is 2.33. The van der Waals surface area contributed by atoms with Gasteiger partial charge in [-0.25, -0.2) is 4.63 Å². The fourth-order valence-corrected chi connectivity index (χ4v) is 3.53. The quantitative estimate of drug-likeness (QED) is 0.682. The lowest BCUT2D eigenvalue weighted by Crippen LogP contribution is -2.34. The van der Waals surface area contributed by atoms with Crippen molar-refractivity contribution in [3.8, 4) is 16.9 Å². The number of thioether (sulfide) groups is 1. The SMILES string of the molecule is CSc1ccc(-c2ccc3c(c2)C[C@H](CNC(=O)c2nonc2C)O3)cc1. The van der Waals surface area contributed by atoms with Gasteiger partial charge in [-0.1, -0.05) is 23.4 Å². The van der Waals surface area contributed by atoms with Crippen LogP contribution in [-0.2, 0) is 6.42 Å². The zero-order valence-corrected chi connectivity index (χ0v) is 15.9. The molecule has 0 unspecified atom stereocenters. The molecule has 4 rings (SSSR count). The Hall–Kier alpha value is -2.80. The molecule has 1 atom stereocenters. The Kier molecular flexibility index (Phi) is 4.85. The second-order valence-corrected chi connectivity index (χ2v) is 7.28. The largest absolute Gasteiger partial charge is 0.488 e. The van der Waals surface area contributed by atoms with E-state index in [1.807, 2.05) is 6.07 Å². The van der Waals surface area contributed by atoms with Crippen molar-refractivity contribution in [2.75, 3.05) is 12.8 Å². The standard InChI is InChI=1S/C20H19N3O3S/c1-12-19(23-26-22-12)20(24)21-11-16-10-15-9-14(5-8-18(15)25-16)13-3-6-17(27-2)7-4-13/h3-9,16H,10-11H2,1-2H3,(H,21,24)/t16-/m1/s1. The van der Waals surface area contributed by atoms with Gasteiger partial charge in [0.25, 0.3) is 5.91 Å². The predicted octanol–water partition coefficient (Wildman–Crippen LogP) is 3.50. The number of rotatable bonds is 5. The summed E-state index contributed by atoms with van der Waals surface area (Å²) in [5, 5.41) is 10.1. The van der Waals surface area contributed by atoms with Gasteiger partial charge in [-0.3, -0.25) is 4.79 Å². The van der Waals surface area contributed by atoms with E-state index in [-0.39, 0.29) is 17.7 Å². The number of carbonyl (C=O) groups excluding carboxylic acids is 1. The Morgan fingerprint density at radius 3 is 2.67 bits per heavy atom. The molecule has 1 aromatic heterocycles. The molecule has 0 bridgehead atoms. The summed E-state index contributed by atoms with van der Waals surface area (Å²) in [6.45, 7) is 2.08. The number of nitrogens with one attached hydrogen (secondary N) is 1. The number of hydrogen-bond donors (Lipinski definition) is 1. The van der Waals surface area contributed by atoms with Crippen LogP contribution in [0.2, 0.25) is 0 Å². The van der Waals surface area contributed by atoms with E-state index in [1.54, 1.807) is 18.7 Å². The molecule has 1 aliphatic rings. The Balaban J connectivity index is 1.41. The predicted molar refractivity (Wildman–Crippen MR) is 103 cm³/mol. The van der Waals surface area contributed by atoms with Crippen molar-refractivity contribution in [2.45, 2.75) is 24.3 Å². The summed E-state index contributed by atoms with van der Waals surface area (Å²) in [6, 6.07) is 14.8. The van der Waals surface area contributed by atoms with Crippen LogP contribution in [-0.4, -0.2) is 35.1 Å². The van der Waals surface area contributed by atoms with Crippen LogP contribution in [0.1, 0.15) is 21.7 Å². The van der Waals surface area contributed by atoms with Crippen molar-refractivity contribution in [1.82, 2.24) is 15.6 Å². The number of carbonyl (C=O) groups is 1. The smallest absolute Gasteiger partial charge is 0.275 e. The van der Waals surface area contributed by atoms with E-state index >= 15 is 0 Å².